The third-order valence-electron chi connectivity index (χ3n) is 8.08. The molecule has 1 aromatic heterocycles. The van der Waals surface area contributed by atoms with E-state index in [4.69, 9.17) is 23.9 Å². The van der Waals surface area contributed by atoms with Crippen molar-refractivity contribution < 1.29 is 23.7 Å². The number of rotatable bonds is 11. The lowest BCUT2D eigenvalue weighted by atomic mass is 9.93. The summed E-state index contributed by atoms with van der Waals surface area (Å²) in [5.74, 6) is 1.21. The Hall–Kier alpha value is -4.15. The van der Waals surface area contributed by atoms with Gasteiger partial charge in [0.2, 0.25) is 0 Å². The fraction of sp³-hybridized carbons (Fsp3) is 0.324. The Labute approximate surface area is 287 Å². The summed E-state index contributed by atoms with van der Waals surface area (Å²) in [4.78, 5) is 33.1. The van der Waals surface area contributed by atoms with Gasteiger partial charge in [-0.25, -0.2) is 9.79 Å². The molecule has 4 aromatic rings. The number of esters is 1. The van der Waals surface area contributed by atoms with Crippen molar-refractivity contribution >= 4 is 39.3 Å². The standard InChI is InChI=1S/C37H39BrN2O6S/c1-8-10-28-33(36(42)45-9-2)34(26-19-25(38)12-14-29(26)43-6)40-35(41)32(47-37(40)39-28)18-24-11-13-30(31(17-24)44-7)46-20-27-22(4)15-21(3)16-23(27)5/h11-19,34H,8-10,20H2,1-7H3/b32-18+/t34-/m1/s1. The monoisotopic (exact) mass is 718 g/mol. The average molecular weight is 720 g/mol. The van der Waals surface area contributed by atoms with E-state index in [1.165, 1.54) is 28.0 Å². The Bertz CT molecular complexity index is 2020. The highest BCUT2D eigenvalue weighted by atomic mass is 79.9. The van der Waals surface area contributed by atoms with E-state index in [0.29, 0.717) is 56.4 Å². The number of allylic oxidation sites excluding steroid dienone is 1. The molecule has 0 spiro atoms. The number of hydrogen-bond acceptors (Lipinski definition) is 8. The molecule has 1 atom stereocenters. The molecule has 1 aliphatic heterocycles. The summed E-state index contributed by atoms with van der Waals surface area (Å²) in [7, 11) is 3.17. The van der Waals surface area contributed by atoms with Gasteiger partial charge >= 0.3 is 5.97 Å². The van der Waals surface area contributed by atoms with Crippen LogP contribution in [0.15, 0.2) is 74.1 Å². The normalized spacial score (nSPS) is 14.5. The minimum absolute atomic E-state index is 0.195. The SMILES string of the molecule is CCCC1=C(C(=O)OCC)[C@@H](c2cc(Br)ccc2OC)n2c(s/c(=C/c3ccc(OCc4c(C)cc(C)cc4C)c(OC)c3)c2=O)=N1. The molecule has 1 aliphatic rings. The molecule has 0 bridgehead atoms. The molecular formula is C37H39BrN2O6S. The molecule has 0 unspecified atom stereocenters. The van der Waals surface area contributed by atoms with Crippen LogP contribution in [-0.2, 0) is 16.1 Å². The number of aromatic nitrogens is 1. The first-order valence-electron chi connectivity index (χ1n) is 15.5. The van der Waals surface area contributed by atoms with Crippen molar-refractivity contribution in [2.45, 2.75) is 60.1 Å². The molecule has 0 amide bonds. The lowest BCUT2D eigenvalue weighted by molar-refractivity contribution is -0.139. The second kappa shape index (κ2) is 14.7. The topological polar surface area (TPSA) is 88.4 Å². The van der Waals surface area contributed by atoms with Crippen LogP contribution in [-0.4, -0.2) is 31.4 Å². The fourth-order valence-corrected chi connectivity index (χ4v) is 7.36. The quantitative estimate of drug-likeness (QED) is 0.158. The lowest BCUT2D eigenvalue weighted by Gasteiger charge is -2.27. The second-order valence-corrected chi connectivity index (χ2v) is 13.3. The van der Waals surface area contributed by atoms with Gasteiger partial charge in [-0.1, -0.05) is 64.4 Å². The van der Waals surface area contributed by atoms with E-state index < -0.39 is 12.0 Å². The van der Waals surface area contributed by atoms with Crippen LogP contribution in [0.1, 0.15) is 66.1 Å². The van der Waals surface area contributed by atoms with Gasteiger partial charge in [0.25, 0.3) is 5.56 Å². The first-order chi connectivity index (χ1) is 22.6. The molecule has 5 rings (SSSR count). The maximum Gasteiger partial charge on any atom is 0.338 e. The van der Waals surface area contributed by atoms with Gasteiger partial charge in [0.05, 0.1) is 36.6 Å². The zero-order chi connectivity index (χ0) is 33.8. The molecule has 0 saturated heterocycles. The first-order valence-corrected chi connectivity index (χ1v) is 17.1. The Morgan fingerprint density at radius 1 is 0.979 bits per heavy atom. The maximum absolute atomic E-state index is 14.2. The number of ether oxygens (including phenoxy) is 4. The van der Waals surface area contributed by atoms with E-state index in [1.807, 2.05) is 49.4 Å². The minimum atomic E-state index is -0.791. The van der Waals surface area contributed by atoms with E-state index in [-0.39, 0.29) is 12.2 Å². The first kappa shape index (κ1) is 34.2. The van der Waals surface area contributed by atoms with Crippen LogP contribution < -0.4 is 29.1 Å². The highest BCUT2D eigenvalue weighted by molar-refractivity contribution is 9.10. The average Bonchev–Trinajstić information content (AvgIpc) is 3.34. The summed E-state index contributed by atoms with van der Waals surface area (Å²) >= 11 is 4.84. The van der Waals surface area contributed by atoms with Gasteiger partial charge in [0.15, 0.2) is 16.3 Å². The van der Waals surface area contributed by atoms with Crippen LogP contribution in [0, 0.1) is 20.8 Å². The van der Waals surface area contributed by atoms with Crippen molar-refractivity contribution in [1.82, 2.24) is 4.57 Å². The summed E-state index contributed by atoms with van der Waals surface area (Å²) in [6.45, 7) is 10.7. The Morgan fingerprint density at radius 3 is 2.34 bits per heavy atom. The number of benzene rings is 3. The van der Waals surface area contributed by atoms with Gasteiger partial charge in [-0.3, -0.25) is 9.36 Å². The number of thiazole rings is 1. The molecule has 47 heavy (non-hydrogen) atoms. The number of carbonyl (C=O) groups excluding carboxylic acids is 1. The molecule has 0 radical (unpaired) electrons. The highest BCUT2D eigenvalue weighted by Gasteiger charge is 2.36. The molecule has 0 aliphatic carbocycles. The molecule has 246 valence electrons. The lowest BCUT2D eigenvalue weighted by Crippen LogP contribution is -2.40. The summed E-state index contributed by atoms with van der Waals surface area (Å²) in [5.41, 5.74) is 6.81. The van der Waals surface area contributed by atoms with E-state index >= 15 is 0 Å². The highest BCUT2D eigenvalue weighted by Crippen LogP contribution is 2.38. The number of nitrogens with zero attached hydrogens (tertiary/aromatic N) is 2. The van der Waals surface area contributed by atoms with Crippen LogP contribution in [0.5, 0.6) is 17.2 Å². The van der Waals surface area contributed by atoms with Crippen LogP contribution in [0.4, 0.5) is 0 Å². The molecule has 0 N–H and O–H groups in total. The van der Waals surface area contributed by atoms with E-state index in [9.17, 15) is 9.59 Å². The predicted octanol–water partition coefficient (Wildman–Crippen LogP) is 6.86. The van der Waals surface area contributed by atoms with Crippen LogP contribution in [0.3, 0.4) is 0 Å². The zero-order valence-electron chi connectivity index (χ0n) is 27.7. The third-order valence-corrected chi connectivity index (χ3v) is 9.55. The second-order valence-electron chi connectivity index (χ2n) is 11.4. The number of hydrogen-bond donors (Lipinski definition) is 0. The molecule has 2 heterocycles. The minimum Gasteiger partial charge on any atom is -0.496 e. The Balaban J connectivity index is 1.61. The third kappa shape index (κ3) is 7.09. The van der Waals surface area contributed by atoms with Gasteiger partial charge in [-0.2, -0.15) is 0 Å². The number of carbonyl (C=O) groups is 1. The van der Waals surface area contributed by atoms with Crippen molar-refractivity contribution in [3.05, 3.63) is 117 Å². The van der Waals surface area contributed by atoms with E-state index in [1.54, 1.807) is 25.7 Å². The van der Waals surface area contributed by atoms with Gasteiger partial charge in [-0.05, 0) is 92.8 Å². The molecule has 8 nitrogen and oxygen atoms in total. The Morgan fingerprint density at radius 2 is 1.68 bits per heavy atom. The zero-order valence-corrected chi connectivity index (χ0v) is 30.1. The van der Waals surface area contributed by atoms with Crippen molar-refractivity contribution in [3.8, 4) is 17.2 Å². The molecule has 3 aromatic carbocycles. The van der Waals surface area contributed by atoms with Gasteiger partial charge in [0, 0.05) is 10.0 Å². The molecule has 0 saturated carbocycles. The number of aryl methyl sites for hydroxylation is 3. The smallest absolute Gasteiger partial charge is 0.338 e. The van der Waals surface area contributed by atoms with Gasteiger partial charge in [0.1, 0.15) is 18.4 Å². The summed E-state index contributed by atoms with van der Waals surface area (Å²) in [5, 5.41) is 0. The number of halogens is 1. The molecular weight excluding hydrogens is 680 g/mol. The summed E-state index contributed by atoms with van der Waals surface area (Å²) < 4.78 is 26.0. The van der Waals surface area contributed by atoms with Crippen LogP contribution in [0.2, 0.25) is 0 Å². The van der Waals surface area contributed by atoms with E-state index in [0.717, 1.165) is 22.0 Å². The van der Waals surface area contributed by atoms with Crippen LogP contribution >= 0.6 is 27.3 Å². The van der Waals surface area contributed by atoms with Crippen LogP contribution in [0.25, 0.3) is 6.08 Å². The van der Waals surface area contributed by atoms with Crippen molar-refractivity contribution in [1.29, 1.82) is 0 Å². The predicted molar refractivity (Wildman–Crippen MR) is 188 cm³/mol. The van der Waals surface area contributed by atoms with Gasteiger partial charge < -0.3 is 18.9 Å². The molecule has 10 heteroatoms. The largest absolute Gasteiger partial charge is 0.496 e. The Kier molecular flexibility index (Phi) is 10.7. The van der Waals surface area contributed by atoms with Crippen molar-refractivity contribution in [2.24, 2.45) is 4.99 Å². The van der Waals surface area contributed by atoms with E-state index in [2.05, 4.69) is 48.8 Å². The fourth-order valence-electron chi connectivity index (χ4n) is 5.97. The summed E-state index contributed by atoms with van der Waals surface area (Å²) in [6.07, 6.45) is 3.12. The molecule has 0 fully saturated rings. The van der Waals surface area contributed by atoms with Crippen molar-refractivity contribution in [2.75, 3.05) is 20.8 Å². The number of methoxy groups -OCH3 is 2. The van der Waals surface area contributed by atoms with Gasteiger partial charge in [-0.15, -0.1) is 0 Å². The maximum atomic E-state index is 14.2. The number of fused-ring (bicyclic) bond motifs is 1. The van der Waals surface area contributed by atoms with Crippen molar-refractivity contribution in [3.63, 3.8) is 0 Å². The summed E-state index contributed by atoms with van der Waals surface area (Å²) in [6, 6.07) is 14.7.